The van der Waals surface area contributed by atoms with Gasteiger partial charge in [-0.15, -0.1) is 0 Å². The van der Waals surface area contributed by atoms with Crippen LogP contribution in [-0.2, 0) is 0 Å². The van der Waals surface area contributed by atoms with Crippen LogP contribution in [0.15, 0.2) is 77.3 Å². The van der Waals surface area contributed by atoms with Crippen molar-refractivity contribution in [3.8, 4) is 0 Å². The van der Waals surface area contributed by atoms with E-state index in [1.165, 1.54) is 5.56 Å². The maximum atomic E-state index is 6.11. The molecule has 1 atom stereocenters. The quantitative estimate of drug-likeness (QED) is 0.428. The first-order valence-corrected chi connectivity index (χ1v) is 10.5. The molecule has 3 aromatic rings. The van der Waals surface area contributed by atoms with Gasteiger partial charge in [0, 0.05) is 15.1 Å². The van der Waals surface area contributed by atoms with Gasteiger partial charge in [0.2, 0.25) is 0 Å². The molecule has 0 aromatic heterocycles. The smallest absolute Gasteiger partial charge is 0.171 e. The van der Waals surface area contributed by atoms with Gasteiger partial charge >= 0.3 is 0 Å². The summed E-state index contributed by atoms with van der Waals surface area (Å²) in [5, 5.41) is 8.15. The van der Waals surface area contributed by atoms with Crippen molar-refractivity contribution < 1.29 is 0 Å². The standard InChI is InChI=1S/C23H18BrClN2S/c1-14-2-4-16(5-3-14)21-20(15-6-10-18(24)11-7-15)22(27-23(28)26-21)17-8-12-19(25)13-9-17/h2-13,22H,1H3,(H2,26,27,28). The molecule has 2 N–H and O–H groups in total. The predicted molar refractivity (Wildman–Crippen MR) is 125 cm³/mol. The summed E-state index contributed by atoms with van der Waals surface area (Å²) in [5.41, 5.74) is 6.72. The second kappa shape index (κ2) is 8.08. The number of hydrogen-bond acceptors (Lipinski definition) is 1. The van der Waals surface area contributed by atoms with Crippen molar-refractivity contribution >= 4 is 56.1 Å². The Labute approximate surface area is 183 Å². The van der Waals surface area contributed by atoms with Crippen LogP contribution < -0.4 is 10.6 Å². The van der Waals surface area contributed by atoms with Crippen molar-refractivity contribution in [3.63, 3.8) is 0 Å². The number of hydrogen-bond donors (Lipinski definition) is 2. The molecule has 0 radical (unpaired) electrons. The first kappa shape index (κ1) is 19.2. The summed E-state index contributed by atoms with van der Waals surface area (Å²) in [6.45, 7) is 2.09. The molecule has 0 saturated carbocycles. The summed E-state index contributed by atoms with van der Waals surface area (Å²) in [5.74, 6) is 0. The third-order valence-electron chi connectivity index (χ3n) is 4.77. The van der Waals surface area contributed by atoms with Gasteiger partial charge in [-0.25, -0.2) is 0 Å². The molecule has 0 spiro atoms. The number of nitrogens with one attached hydrogen (secondary N) is 2. The second-order valence-corrected chi connectivity index (χ2v) is 8.50. The number of halogens is 2. The van der Waals surface area contributed by atoms with E-state index in [0.717, 1.165) is 32.4 Å². The molecule has 1 aliphatic rings. The highest BCUT2D eigenvalue weighted by molar-refractivity contribution is 9.10. The molecule has 4 rings (SSSR count). The van der Waals surface area contributed by atoms with Gasteiger partial charge in [0.15, 0.2) is 5.11 Å². The summed E-state index contributed by atoms with van der Waals surface area (Å²) >= 11 is 15.2. The molecule has 1 unspecified atom stereocenters. The van der Waals surface area contributed by atoms with Crippen molar-refractivity contribution in [2.24, 2.45) is 0 Å². The molecule has 28 heavy (non-hydrogen) atoms. The van der Waals surface area contributed by atoms with Gasteiger partial charge in [-0.3, -0.25) is 0 Å². The molecule has 140 valence electrons. The highest BCUT2D eigenvalue weighted by atomic mass is 79.9. The van der Waals surface area contributed by atoms with Crippen LogP contribution in [0.25, 0.3) is 11.3 Å². The Bertz CT molecular complexity index is 1040. The van der Waals surface area contributed by atoms with Crippen LogP contribution in [0.4, 0.5) is 0 Å². The fraction of sp³-hybridized carbons (Fsp3) is 0.0870. The Kier molecular flexibility index (Phi) is 5.54. The molecule has 1 aliphatic heterocycles. The molecule has 0 saturated heterocycles. The third-order valence-corrected chi connectivity index (χ3v) is 5.77. The molecule has 0 fully saturated rings. The SMILES string of the molecule is Cc1ccc(C2=C(c3ccc(Br)cc3)C(c3ccc(Cl)cc3)NC(=S)N2)cc1. The van der Waals surface area contributed by atoms with Crippen molar-refractivity contribution in [1.29, 1.82) is 0 Å². The first-order chi connectivity index (χ1) is 13.5. The van der Waals surface area contributed by atoms with Crippen LogP contribution >= 0.6 is 39.7 Å². The number of aryl methyl sites for hydroxylation is 1. The zero-order valence-corrected chi connectivity index (χ0v) is 18.3. The van der Waals surface area contributed by atoms with Gasteiger partial charge in [-0.2, -0.15) is 0 Å². The van der Waals surface area contributed by atoms with Crippen LogP contribution in [0.1, 0.15) is 28.3 Å². The van der Waals surface area contributed by atoms with Crippen LogP contribution in [0.2, 0.25) is 5.02 Å². The zero-order chi connectivity index (χ0) is 19.7. The molecule has 2 nitrogen and oxygen atoms in total. The highest BCUT2D eigenvalue weighted by Crippen LogP contribution is 2.38. The largest absolute Gasteiger partial charge is 0.351 e. The monoisotopic (exact) mass is 468 g/mol. The Morgan fingerprint density at radius 2 is 1.46 bits per heavy atom. The van der Waals surface area contributed by atoms with Crippen molar-refractivity contribution in [2.45, 2.75) is 13.0 Å². The summed E-state index contributed by atoms with van der Waals surface area (Å²) in [4.78, 5) is 0. The van der Waals surface area contributed by atoms with Crippen LogP contribution in [-0.4, -0.2) is 5.11 Å². The van der Waals surface area contributed by atoms with E-state index >= 15 is 0 Å². The predicted octanol–water partition coefficient (Wildman–Crippen LogP) is 6.50. The molecule has 0 amide bonds. The first-order valence-electron chi connectivity index (χ1n) is 8.91. The van der Waals surface area contributed by atoms with E-state index in [0.29, 0.717) is 10.1 Å². The van der Waals surface area contributed by atoms with Crippen LogP contribution in [0.3, 0.4) is 0 Å². The fourth-order valence-electron chi connectivity index (χ4n) is 3.36. The summed E-state index contributed by atoms with van der Waals surface area (Å²) in [6.07, 6.45) is 0. The van der Waals surface area contributed by atoms with Gasteiger partial charge in [0.05, 0.1) is 11.7 Å². The van der Waals surface area contributed by atoms with E-state index in [9.17, 15) is 0 Å². The Hall–Kier alpha value is -2.14. The Morgan fingerprint density at radius 1 is 0.857 bits per heavy atom. The van der Waals surface area contributed by atoms with E-state index in [4.69, 9.17) is 23.8 Å². The Balaban J connectivity index is 1.94. The topological polar surface area (TPSA) is 24.1 Å². The lowest BCUT2D eigenvalue weighted by molar-refractivity contribution is 0.785. The lowest BCUT2D eigenvalue weighted by atomic mass is 9.88. The van der Waals surface area contributed by atoms with Gasteiger partial charge in [-0.05, 0) is 60.1 Å². The van der Waals surface area contributed by atoms with E-state index < -0.39 is 0 Å². The summed E-state index contributed by atoms with van der Waals surface area (Å²) in [7, 11) is 0. The van der Waals surface area contributed by atoms with Crippen molar-refractivity contribution in [1.82, 2.24) is 10.6 Å². The van der Waals surface area contributed by atoms with E-state index in [2.05, 4.69) is 82.0 Å². The lowest BCUT2D eigenvalue weighted by Gasteiger charge is -2.33. The Morgan fingerprint density at radius 3 is 2.11 bits per heavy atom. The molecular formula is C23H18BrClN2S. The molecule has 5 heteroatoms. The molecule has 3 aromatic carbocycles. The number of rotatable bonds is 3. The van der Waals surface area contributed by atoms with E-state index in [1.54, 1.807) is 0 Å². The second-order valence-electron chi connectivity index (χ2n) is 6.74. The third kappa shape index (κ3) is 4.00. The van der Waals surface area contributed by atoms with Crippen LogP contribution in [0, 0.1) is 6.92 Å². The minimum absolute atomic E-state index is 0.0801. The normalized spacial score (nSPS) is 16.5. The van der Waals surface area contributed by atoms with Crippen LogP contribution in [0.5, 0.6) is 0 Å². The number of benzene rings is 3. The fourth-order valence-corrected chi connectivity index (χ4v) is 3.97. The minimum Gasteiger partial charge on any atom is -0.351 e. The summed E-state index contributed by atoms with van der Waals surface area (Å²) < 4.78 is 1.05. The molecular weight excluding hydrogens is 452 g/mol. The minimum atomic E-state index is -0.0801. The number of thiocarbonyl (C=S) groups is 1. The molecule has 0 aliphatic carbocycles. The van der Waals surface area contributed by atoms with Crippen molar-refractivity contribution in [2.75, 3.05) is 0 Å². The molecule has 1 heterocycles. The average molecular weight is 470 g/mol. The average Bonchev–Trinajstić information content (AvgIpc) is 2.69. The maximum absolute atomic E-state index is 6.11. The van der Waals surface area contributed by atoms with E-state index in [-0.39, 0.29) is 6.04 Å². The zero-order valence-electron chi connectivity index (χ0n) is 15.2. The van der Waals surface area contributed by atoms with Crippen molar-refractivity contribution in [3.05, 3.63) is 105 Å². The van der Waals surface area contributed by atoms with Gasteiger partial charge in [-0.1, -0.05) is 81.6 Å². The highest BCUT2D eigenvalue weighted by Gasteiger charge is 2.28. The van der Waals surface area contributed by atoms with Gasteiger partial charge in [0.25, 0.3) is 0 Å². The van der Waals surface area contributed by atoms with Gasteiger partial charge < -0.3 is 10.6 Å². The summed E-state index contributed by atoms with van der Waals surface area (Å²) in [6, 6.07) is 24.7. The molecule has 0 bridgehead atoms. The van der Waals surface area contributed by atoms with Gasteiger partial charge in [0.1, 0.15) is 0 Å². The van der Waals surface area contributed by atoms with E-state index in [1.807, 2.05) is 24.3 Å². The maximum Gasteiger partial charge on any atom is 0.171 e. The lowest BCUT2D eigenvalue weighted by Crippen LogP contribution is -2.42.